The monoisotopic (exact) mass is 371 g/mol. The van der Waals surface area contributed by atoms with Gasteiger partial charge in [0.25, 0.3) is 0 Å². The maximum Gasteiger partial charge on any atom is 0.248 e. The van der Waals surface area contributed by atoms with Gasteiger partial charge >= 0.3 is 0 Å². The second kappa shape index (κ2) is 12.7. The van der Waals surface area contributed by atoms with Gasteiger partial charge in [0.2, 0.25) is 5.91 Å². The Morgan fingerprint density at radius 2 is 1.82 bits per heavy atom. The number of aromatic nitrogens is 1. The lowest BCUT2D eigenvalue weighted by Gasteiger charge is -2.33. The number of carbonyl (C=O) groups is 1. The quantitative estimate of drug-likeness (QED) is 0.677. The fraction of sp³-hybridized carbons (Fsp3) is 0.538. The van der Waals surface area contributed by atoms with Crippen molar-refractivity contribution in [2.45, 2.75) is 18.9 Å². The third-order valence-electron chi connectivity index (χ3n) is 3.28. The van der Waals surface area contributed by atoms with Crippen molar-refractivity contribution in [3.05, 3.63) is 24.5 Å². The zero-order valence-corrected chi connectivity index (χ0v) is 14.9. The summed E-state index contributed by atoms with van der Waals surface area (Å²) in [5.74, 6) is -0.0286. The predicted octanol–water partition coefficient (Wildman–Crippen LogP) is 1.16. The van der Waals surface area contributed by atoms with Crippen LogP contribution in [0.15, 0.2) is 24.5 Å². The molecule has 2 rings (SSSR count). The summed E-state index contributed by atoms with van der Waals surface area (Å²) in [5, 5.41) is 2.82. The van der Waals surface area contributed by atoms with E-state index in [4.69, 9.17) is 0 Å². The topological polar surface area (TPSA) is 69.3 Å². The number of hydrazine groups is 1. The lowest BCUT2D eigenvalue weighted by Crippen LogP contribution is -2.51. The molecule has 1 aromatic heterocycles. The van der Waals surface area contributed by atoms with E-state index in [1.54, 1.807) is 7.05 Å². The van der Waals surface area contributed by atoms with E-state index < -0.39 is 0 Å². The van der Waals surface area contributed by atoms with Crippen LogP contribution in [0.4, 0.5) is 5.69 Å². The molecule has 1 aromatic rings. The summed E-state index contributed by atoms with van der Waals surface area (Å²) in [6, 6.07) is 4.41. The second-order valence-corrected chi connectivity index (χ2v) is 4.69. The smallest absolute Gasteiger partial charge is 0.248 e. The van der Waals surface area contributed by atoms with E-state index in [2.05, 4.69) is 26.1 Å². The first-order valence-electron chi connectivity index (χ1n) is 6.63. The number of hydrogen-bond donors (Lipinski definition) is 3. The van der Waals surface area contributed by atoms with E-state index >= 15 is 0 Å². The van der Waals surface area contributed by atoms with Crippen LogP contribution >= 0.6 is 37.2 Å². The number of nitrogens with one attached hydrogen (secondary N) is 3. The molecule has 0 spiro atoms. The van der Waals surface area contributed by atoms with Gasteiger partial charge in [0.05, 0.1) is 6.54 Å². The fourth-order valence-electron chi connectivity index (χ4n) is 2.22. The highest BCUT2D eigenvalue weighted by Crippen LogP contribution is 2.18. The first-order valence-corrected chi connectivity index (χ1v) is 6.63. The van der Waals surface area contributed by atoms with Crippen LogP contribution in [0.1, 0.15) is 12.8 Å². The highest BCUT2D eigenvalue weighted by molar-refractivity contribution is 5.86. The van der Waals surface area contributed by atoms with Crippen LogP contribution in [0.2, 0.25) is 0 Å². The largest absolute Gasteiger partial charge is 0.371 e. The predicted molar refractivity (Wildman–Crippen MR) is 96.4 cm³/mol. The van der Waals surface area contributed by atoms with Crippen molar-refractivity contribution in [1.29, 1.82) is 0 Å². The Morgan fingerprint density at radius 3 is 2.36 bits per heavy atom. The number of carbonyl (C=O) groups excluding carboxylic acids is 1. The summed E-state index contributed by atoms with van der Waals surface area (Å²) in [5.41, 5.74) is 7.04. The molecule has 2 heterocycles. The third kappa shape index (κ3) is 7.47. The summed E-state index contributed by atoms with van der Waals surface area (Å²) in [6.45, 7) is 2.32. The van der Waals surface area contributed by atoms with Gasteiger partial charge in [0.1, 0.15) is 0 Å². The van der Waals surface area contributed by atoms with Gasteiger partial charge in [0, 0.05) is 37.2 Å². The molecule has 1 fully saturated rings. The van der Waals surface area contributed by atoms with Gasteiger partial charge in [-0.05, 0) is 32.0 Å². The minimum Gasteiger partial charge on any atom is -0.371 e. The molecule has 0 bridgehead atoms. The van der Waals surface area contributed by atoms with Crippen LogP contribution < -0.4 is 21.1 Å². The van der Waals surface area contributed by atoms with Gasteiger partial charge in [-0.2, -0.15) is 0 Å². The molecule has 1 aliphatic rings. The Morgan fingerprint density at radius 1 is 1.23 bits per heavy atom. The van der Waals surface area contributed by atoms with Crippen LogP contribution in [-0.2, 0) is 4.79 Å². The first kappa shape index (κ1) is 23.5. The average molecular weight is 373 g/mol. The van der Waals surface area contributed by atoms with Crippen molar-refractivity contribution < 1.29 is 4.79 Å². The number of rotatable bonds is 5. The number of nitrogens with zero attached hydrogens (tertiary/aromatic N) is 2. The second-order valence-electron chi connectivity index (χ2n) is 4.69. The Hall–Kier alpha value is -0.790. The van der Waals surface area contributed by atoms with Crippen molar-refractivity contribution in [1.82, 2.24) is 21.2 Å². The summed E-state index contributed by atoms with van der Waals surface area (Å²) in [4.78, 5) is 17.7. The van der Waals surface area contributed by atoms with E-state index in [0.29, 0.717) is 12.6 Å². The number of anilines is 1. The van der Waals surface area contributed by atoms with Gasteiger partial charge in [-0.3, -0.25) is 15.2 Å². The maximum absolute atomic E-state index is 11.3. The molecule has 22 heavy (non-hydrogen) atoms. The Balaban J connectivity index is 0. The van der Waals surface area contributed by atoms with E-state index in [0.717, 1.165) is 25.9 Å². The van der Waals surface area contributed by atoms with E-state index in [9.17, 15) is 4.79 Å². The van der Waals surface area contributed by atoms with Gasteiger partial charge in [-0.15, -0.1) is 37.2 Å². The molecule has 0 radical (unpaired) electrons. The number of pyridine rings is 1. The summed E-state index contributed by atoms with van der Waals surface area (Å²) in [7, 11) is 1.76. The van der Waals surface area contributed by atoms with Crippen LogP contribution in [0.25, 0.3) is 0 Å². The van der Waals surface area contributed by atoms with Crippen LogP contribution in [-0.4, -0.2) is 43.6 Å². The highest BCUT2D eigenvalue weighted by atomic mass is 35.5. The Bertz CT molecular complexity index is 402. The summed E-state index contributed by atoms with van der Waals surface area (Å²) < 4.78 is 0. The number of amides is 1. The van der Waals surface area contributed by atoms with Crippen molar-refractivity contribution in [2.75, 3.05) is 31.6 Å². The minimum atomic E-state index is -0.0286. The molecule has 0 saturated carbocycles. The molecule has 128 valence electrons. The normalized spacial score (nSPS) is 14.1. The van der Waals surface area contributed by atoms with E-state index in [1.165, 1.54) is 5.69 Å². The van der Waals surface area contributed by atoms with Crippen molar-refractivity contribution in [3.63, 3.8) is 0 Å². The molecule has 0 aromatic carbocycles. The number of hydrogen-bond acceptors (Lipinski definition) is 5. The average Bonchev–Trinajstić information content (AvgIpc) is 2.47. The zero-order chi connectivity index (χ0) is 13.5. The van der Waals surface area contributed by atoms with Crippen LogP contribution in [0.3, 0.4) is 0 Å². The van der Waals surface area contributed by atoms with Crippen LogP contribution in [0, 0.1) is 0 Å². The van der Waals surface area contributed by atoms with Gasteiger partial charge in [-0.1, -0.05) is 0 Å². The maximum atomic E-state index is 11.3. The minimum absolute atomic E-state index is 0. The Labute approximate surface area is 150 Å². The molecule has 1 aliphatic heterocycles. The van der Waals surface area contributed by atoms with Gasteiger partial charge < -0.3 is 10.2 Å². The summed E-state index contributed by atoms with van der Waals surface area (Å²) >= 11 is 0. The molecular weight excluding hydrogens is 349 g/mol. The molecule has 0 unspecified atom stereocenters. The molecule has 0 aliphatic carbocycles. The summed E-state index contributed by atoms with van der Waals surface area (Å²) in [6.07, 6.45) is 5.67. The van der Waals surface area contributed by atoms with Crippen molar-refractivity contribution in [3.8, 4) is 0 Å². The Kier molecular flexibility index (Phi) is 13.6. The van der Waals surface area contributed by atoms with Crippen molar-refractivity contribution in [2.24, 2.45) is 0 Å². The van der Waals surface area contributed by atoms with Crippen molar-refractivity contribution >= 4 is 48.8 Å². The standard InChI is InChI=1S/C13H21N5O.3ClH/c1-14-10-13(19)17-16-11-4-8-18(9-5-11)12-2-6-15-7-3-12;;;/h2-3,6-7,11,14,16H,4-5,8-10H2,1H3,(H,17,19);3*1H. The van der Waals surface area contributed by atoms with E-state index in [1.807, 2.05) is 24.5 Å². The lowest BCUT2D eigenvalue weighted by atomic mass is 10.1. The molecule has 1 amide bonds. The van der Waals surface area contributed by atoms with Gasteiger partial charge in [-0.25, -0.2) is 5.43 Å². The van der Waals surface area contributed by atoms with Gasteiger partial charge in [0.15, 0.2) is 0 Å². The molecule has 6 nitrogen and oxygen atoms in total. The fourth-order valence-corrected chi connectivity index (χ4v) is 2.22. The number of piperidine rings is 1. The molecule has 9 heteroatoms. The number of halogens is 3. The third-order valence-corrected chi connectivity index (χ3v) is 3.28. The molecule has 3 N–H and O–H groups in total. The first-order chi connectivity index (χ1) is 9.29. The van der Waals surface area contributed by atoms with E-state index in [-0.39, 0.29) is 43.1 Å². The lowest BCUT2D eigenvalue weighted by molar-refractivity contribution is -0.121. The number of likely N-dealkylation sites (N-methyl/N-ethyl adjacent to an activating group) is 1. The molecule has 1 saturated heterocycles. The highest BCUT2D eigenvalue weighted by Gasteiger charge is 2.19. The SMILES string of the molecule is CNCC(=O)NNC1CCN(c2ccncc2)CC1.Cl.Cl.Cl. The zero-order valence-electron chi connectivity index (χ0n) is 12.4. The van der Waals surface area contributed by atoms with Crippen LogP contribution in [0.5, 0.6) is 0 Å². The molecular formula is C13H24Cl3N5O. The molecule has 0 atom stereocenters.